The van der Waals surface area contributed by atoms with Crippen molar-refractivity contribution in [1.82, 2.24) is 4.72 Å². The van der Waals surface area contributed by atoms with Gasteiger partial charge in [-0.3, -0.25) is 0 Å². The van der Waals surface area contributed by atoms with Crippen LogP contribution in [0.3, 0.4) is 0 Å². The lowest BCUT2D eigenvalue weighted by Gasteiger charge is -2.12. The molecule has 0 saturated heterocycles. The number of nitrogens with zero attached hydrogens (tertiary/aromatic N) is 1. The van der Waals surface area contributed by atoms with Crippen LogP contribution in [0, 0.1) is 11.3 Å². The summed E-state index contributed by atoms with van der Waals surface area (Å²) in [6.07, 6.45) is 0.143. The minimum atomic E-state index is -3.61. The molecular weight excluding hydrogens is 260 g/mol. The highest BCUT2D eigenvalue weighted by Crippen LogP contribution is 2.22. The third-order valence-corrected chi connectivity index (χ3v) is 4.44. The van der Waals surface area contributed by atoms with Gasteiger partial charge in [-0.05, 0) is 18.4 Å². The Kier molecular flexibility index (Phi) is 3.84. The van der Waals surface area contributed by atoms with Crippen molar-refractivity contribution in [3.8, 4) is 6.07 Å². The van der Waals surface area contributed by atoms with Crippen molar-refractivity contribution in [1.29, 1.82) is 5.26 Å². The van der Waals surface area contributed by atoms with Gasteiger partial charge in [0, 0.05) is 11.4 Å². The molecule has 0 aliphatic rings. The number of sulfonamides is 1. The summed E-state index contributed by atoms with van der Waals surface area (Å²) in [4.78, 5) is 0.246. The van der Waals surface area contributed by atoms with E-state index in [-0.39, 0.29) is 11.3 Å². The van der Waals surface area contributed by atoms with Gasteiger partial charge in [0.1, 0.15) is 0 Å². The smallest absolute Gasteiger partial charge is 0.207 e. The molecular formula is C14H14N2O2S. The number of nitrogens with one attached hydrogen (secondary N) is 1. The Morgan fingerprint density at radius 3 is 2.63 bits per heavy atom. The Labute approximate surface area is 112 Å². The van der Waals surface area contributed by atoms with Crippen LogP contribution in [0.2, 0.25) is 0 Å². The molecule has 0 aliphatic carbocycles. The fraction of sp³-hybridized carbons (Fsp3) is 0.214. The molecule has 5 heteroatoms. The highest BCUT2D eigenvalue weighted by atomic mass is 32.2. The Hall–Kier alpha value is -1.90. The summed E-state index contributed by atoms with van der Waals surface area (Å²) in [5, 5.41) is 10.1. The summed E-state index contributed by atoms with van der Waals surface area (Å²) in [5.41, 5.74) is 0. The molecule has 1 N–H and O–H groups in total. The van der Waals surface area contributed by atoms with Crippen LogP contribution in [-0.4, -0.2) is 14.5 Å². The van der Waals surface area contributed by atoms with Gasteiger partial charge < -0.3 is 0 Å². The van der Waals surface area contributed by atoms with Gasteiger partial charge in [0.05, 0.1) is 17.4 Å². The largest absolute Gasteiger partial charge is 0.241 e. The van der Waals surface area contributed by atoms with E-state index in [9.17, 15) is 8.42 Å². The van der Waals surface area contributed by atoms with Gasteiger partial charge in [-0.15, -0.1) is 0 Å². The van der Waals surface area contributed by atoms with Gasteiger partial charge in [0.15, 0.2) is 0 Å². The quantitative estimate of drug-likeness (QED) is 0.930. The fourth-order valence-electron chi connectivity index (χ4n) is 1.94. The van der Waals surface area contributed by atoms with Crippen LogP contribution in [0.15, 0.2) is 47.4 Å². The van der Waals surface area contributed by atoms with Crippen LogP contribution in [-0.2, 0) is 10.0 Å². The van der Waals surface area contributed by atoms with E-state index in [0.29, 0.717) is 5.39 Å². The normalized spacial score (nSPS) is 13.1. The molecule has 0 spiro atoms. The van der Waals surface area contributed by atoms with Crippen molar-refractivity contribution in [2.45, 2.75) is 24.3 Å². The van der Waals surface area contributed by atoms with E-state index < -0.39 is 16.1 Å². The molecule has 98 valence electrons. The van der Waals surface area contributed by atoms with Crippen molar-refractivity contribution in [3.63, 3.8) is 0 Å². The molecule has 0 fully saturated rings. The number of nitriles is 1. The number of hydrogen-bond donors (Lipinski definition) is 1. The first-order valence-corrected chi connectivity index (χ1v) is 7.40. The molecule has 0 saturated carbocycles. The number of rotatable bonds is 4. The maximum Gasteiger partial charge on any atom is 0.241 e. The molecule has 4 nitrogen and oxygen atoms in total. The zero-order valence-corrected chi connectivity index (χ0v) is 11.3. The monoisotopic (exact) mass is 274 g/mol. The number of hydrogen-bond acceptors (Lipinski definition) is 3. The minimum Gasteiger partial charge on any atom is -0.207 e. The predicted octanol–water partition coefficient (Wildman–Crippen LogP) is 2.42. The third-order valence-electron chi connectivity index (χ3n) is 2.79. The molecule has 2 aromatic carbocycles. The lowest BCUT2D eigenvalue weighted by Crippen LogP contribution is -2.32. The predicted molar refractivity (Wildman–Crippen MR) is 74.0 cm³/mol. The Bertz CT molecular complexity index is 727. The molecule has 2 aromatic rings. The fourth-order valence-corrected chi connectivity index (χ4v) is 3.41. The van der Waals surface area contributed by atoms with E-state index in [1.165, 1.54) is 0 Å². The van der Waals surface area contributed by atoms with E-state index in [2.05, 4.69) is 4.72 Å². The highest BCUT2D eigenvalue weighted by molar-refractivity contribution is 7.89. The van der Waals surface area contributed by atoms with E-state index >= 15 is 0 Å². The second-order valence-corrected chi connectivity index (χ2v) is 6.04. The standard InChI is InChI=1S/C14H14N2O2S/c1-11(9-10-15)16-19(17,18)14-8-4-6-12-5-2-3-7-13(12)14/h2-8,11,16H,9H2,1H3. The number of fused-ring (bicyclic) bond motifs is 1. The Morgan fingerprint density at radius 1 is 1.21 bits per heavy atom. The van der Waals surface area contributed by atoms with Crippen LogP contribution in [0.25, 0.3) is 10.8 Å². The Morgan fingerprint density at radius 2 is 1.89 bits per heavy atom. The summed E-state index contributed by atoms with van der Waals surface area (Å²) >= 11 is 0. The van der Waals surface area contributed by atoms with E-state index in [4.69, 9.17) is 5.26 Å². The van der Waals surface area contributed by atoms with E-state index in [0.717, 1.165) is 5.39 Å². The first-order valence-electron chi connectivity index (χ1n) is 5.91. The van der Waals surface area contributed by atoms with Crippen molar-refractivity contribution in [3.05, 3.63) is 42.5 Å². The average Bonchev–Trinajstić information content (AvgIpc) is 2.37. The first-order chi connectivity index (χ1) is 9.04. The summed E-state index contributed by atoms with van der Waals surface area (Å²) in [7, 11) is -3.61. The molecule has 19 heavy (non-hydrogen) atoms. The van der Waals surface area contributed by atoms with E-state index in [1.807, 2.05) is 24.3 Å². The zero-order valence-electron chi connectivity index (χ0n) is 10.5. The number of benzene rings is 2. The second-order valence-electron chi connectivity index (χ2n) is 4.36. The average molecular weight is 274 g/mol. The molecule has 0 bridgehead atoms. The summed E-state index contributed by atoms with van der Waals surface area (Å²) in [6.45, 7) is 1.67. The van der Waals surface area contributed by atoms with Crippen molar-refractivity contribution >= 4 is 20.8 Å². The van der Waals surface area contributed by atoms with Gasteiger partial charge in [-0.2, -0.15) is 5.26 Å². The molecule has 0 heterocycles. The van der Waals surface area contributed by atoms with Crippen LogP contribution < -0.4 is 4.72 Å². The van der Waals surface area contributed by atoms with Gasteiger partial charge in [0.25, 0.3) is 0 Å². The van der Waals surface area contributed by atoms with Gasteiger partial charge in [-0.1, -0.05) is 36.4 Å². The lowest BCUT2D eigenvalue weighted by atomic mass is 10.1. The van der Waals surface area contributed by atoms with Gasteiger partial charge in [0.2, 0.25) is 10.0 Å². The molecule has 2 rings (SSSR count). The van der Waals surface area contributed by atoms with Crippen molar-refractivity contribution in [2.24, 2.45) is 0 Å². The molecule has 1 unspecified atom stereocenters. The first kappa shape index (κ1) is 13.5. The minimum absolute atomic E-state index is 0.143. The molecule has 0 aromatic heterocycles. The second kappa shape index (κ2) is 5.39. The highest BCUT2D eigenvalue weighted by Gasteiger charge is 2.19. The van der Waals surface area contributed by atoms with Crippen LogP contribution in [0.1, 0.15) is 13.3 Å². The summed E-state index contributed by atoms with van der Waals surface area (Å²) in [5.74, 6) is 0. The molecule has 0 amide bonds. The summed E-state index contributed by atoms with van der Waals surface area (Å²) in [6, 6.07) is 14.0. The third kappa shape index (κ3) is 2.92. The topological polar surface area (TPSA) is 70.0 Å². The van der Waals surface area contributed by atoms with Crippen LogP contribution >= 0.6 is 0 Å². The van der Waals surface area contributed by atoms with E-state index in [1.54, 1.807) is 31.2 Å². The Balaban J connectivity index is 2.47. The van der Waals surface area contributed by atoms with Crippen LogP contribution in [0.4, 0.5) is 0 Å². The SMILES string of the molecule is CC(CC#N)NS(=O)(=O)c1cccc2ccccc12. The van der Waals surface area contributed by atoms with Crippen LogP contribution in [0.5, 0.6) is 0 Å². The van der Waals surface area contributed by atoms with Gasteiger partial charge in [-0.25, -0.2) is 13.1 Å². The maximum atomic E-state index is 12.3. The molecule has 1 atom stereocenters. The van der Waals surface area contributed by atoms with Crippen molar-refractivity contribution < 1.29 is 8.42 Å². The molecule has 0 aliphatic heterocycles. The van der Waals surface area contributed by atoms with Gasteiger partial charge >= 0.3 is 0 Å². The zero-order chi connectivity index (χ0) is 13.9. The lowest BCUT2D eigenvalue weighted by molar-refractivity contribution is 0.564. The molecule has 0 radical (unpaired) electrons. The van der Waals surface area contributed by atoms with Crippen molar-refractivity contribution in [2.75, 3.05) is 0 Å². The summed E-state index contributed by atoms with van der Waals surface area (Å²) < 4.78 is 27.1. The maximum absolute atomic E-state index is 12.3.